The maximum absolute atomic E-state index is 12.1. The molecule has 23 heavy (non-hydrogen) atoms. The number of carbonyl (C=O) groups is 1. The predicted molar refractivity (Wildman–Crippen MR) is 81.2 cm³/mol. The maximum Gasteiger partial charge on any atom is 0.231 e. The molecular weight excluding hydrogens is 316 g/mol. The van der Waals surface area contributed by atoms with E-state index in [-0.39, 0.29) is 17.6 Å². The fourth-order valence-electron chi connectivity index (χ4n) is 2.29. The van der Waals surface area contributed by atoms with Gasteiger partial charge in [-0.15, -0.1) is 5.10 Å². The van der Waals surface area contributed by atoms with Gasteiger partial charge in [-0.1, -0.05) is 11.8 Å². The zero-order valence-corrected chi connectivity index (χ0v) is 13.4. The first-order valence-corrected chi connectivity index (χ1v) is 8.23. The van der Waals surface area contributed by atoms with Gasteiger partial charge in [0.1, 0.15) is 17.8 Å². The number of rotatable bonds is 7. The van der Waals surface area contributed by atoms with Crippen LogP contribution in [0.2, 0.25) is 0 Å². The number of thioether (sulfide) groups is 1. The Morgan fingerprint density at radius 3 is 3.13 bits per heavy atom. The molecule has 0 aromatic carbocycles. The molecule has 0 saturated heterocycles. The number of hydrogen-bond acceptors (Lipinski definition) is 7. The Morgan fingerprint density at radius 1 is 1.65 bits per heavy atom. The summed E-state index contributed by atoms with van der Waals surface area (Å²) in [5.41, 5.74) is -0.780. The second kappa shape index (κ2) is 6.42. The first-order chi connectivity index (χ1) is 11.1. The number of nitrogens with one attached hydrogen (secondary N) is 1. The van der Waals surface area contributed by atoms with Gasteiger partial charge in [-0.05, 0) is 48.2 Å². The lowest BCUT2D eigenvalue weighted by Crippen LogP contribution is -2.47. The predicted octanol–water partition coefficient (Wildman–Crippen LogP) is 1.21. The summed E-state index contributed by atoms with van der Waals surface area (Å²) in [6.07, 6.45) is 3.55. The Hall–Kier alpha value is -2.34. The van der Waals surface area contributed by atoms with E-state index < -0.39 is 5.54 Å². The highest BCUT2D eigenvalue weighted by Gasteiger charge is 2.42. The molecule has 120 valence electrons. The Kier molecular flexibility index (Phi) is 4.34. The summed E-state index contributed by atoms with van der Waals surface area (Å²) in [5, 5.41) is 24.0. The fraction of sp³-hybridized carbons (Fsp3) is 0.500. The quantitative estimate of drug-likeness (QED) is 0.759. The van der Waals surface area contributed by atoms with Gasteiger partial charge < -0.3 is 9.73 Å². The van der Waals surface area contributed by atoms with Crippen LogP contribution in [0.15, 0.2) is 28.0 Å². The molecule has 1 atom stereocenters. The SMILES string of the molecule is CC(C#N)(NC(=O)CSc1nnnn1Cc1ccco1)C1CC1. The van der Waals surface area contributed by atoms with Crippen LogP contribution in [0.5, 0.6) is 0 Å². The van der Waals surface area contributed by atoms with E-state index in [0.29, 0.717) is 11.7 Å². The van der Waals surface area contributed by atoms with Crippen LogP contribution in [0.3, 0.4) is 0 Å². The van der Waals surface area contributed by atoms with Crippen LogP contribution < -0.4 is 5.32 Å². The highest BCUT2D eigenvalue weighted by molar-refractivity contribution is 7.99. The van der Waals surface area contributed by atoms with Crippen LogP contribution in [0, 0.1) is 17.2 Å². The minimum absolute atomic E-state index is 0.155. The third-order valence-corrected chi connectivity index (χ3v) is 4.70. The van der Waals surface area contributed by atoms with Crippen molar-refractivity contribution >= 4 is 17.7 Å². The zero-order chi connectivity index (χ0) is 16.3. The number of nitriles is 1. The summed E-state index contributed by atoms with van der Waals surface area (Å²) >= 11 is 1.23. The van der Waals surface area contributed by atoms with Gasteiger partial charge >= 0.3 is 0 Å². The molecule has 1 aliphatic carbocycles. The lowest BCUT2D eigenvalue weighted by molar-refractivity contribution is -0.119. The molecule has 3 rings (SSSR count). The van der Waals surface area contributed by atoms with E-state index in [0.717, 1.165) is 18.6 Å². The van der Waals surface area contributed by atoms with Crippen molar-refractivity contribution in [2.75, 3.05) is 5.75 Å². The number of aromatic nitrogens is 4. The third kappa shape index (κ3) is 3.71. The van der Waals surface area contributed by atoms with E-state index in [2.05, 4.69) is 26.9 Å². The van der Waals surface area contributed by atoms with Gasteiger partial charge in [0.2, 0.25) is 11.1 Å². The monoisotopic (exact) mass is 332 g/mol. The van der Waals surface area contributed by atoms with Crippen molar-refractivity contribution < 1.29 is 9.21 Å². The highest BCUT2D eigenvalue weighted by atomic mass is 32.2. The Morgan fingerprint density at radius 2 is 2.48 bits per heavy atom. The van der Waals surface area contributed by atoms with Crippen molar-refractivity contribution in [3.63, 3.8) is 0 Å². The van der Waals surface area contributed by atoms with Crippen molar-refractivity contribution in [1.82, 2.24) is 25.5 Å². The topological polar surface area (TPSA) is 110 Å². The standard InChI is InChI=1S/C14H16N6O2S/c1-14(9-15,10-4-5-10)16-12(21)8-23-13-17-18-19-20(13)7-11-3-2-6-22-11/h2-3,6,10H,4-5,7-8H2,1H3,(H,16,21). The molecule has 0 radical (unpaired) electrons. The fourth-order valence-corrected chi connectivity index (χ4v) is 2.96. The van der Waals surface area contributed by atoms with Gasteiger partial charge in [-0.25, -0.2) is 4.68 Å². The number of furan rings is 1. The molecule has 1 unspecified atom stereocenters. The minimum Gasteiger partial charge on any atom is -0.467 e. The summed E-state index contributed by atoms with van der Waals surface area (Å²) < 4.78 is 6.83. The Balaban J connectivity index is 1.55. The van der Waals surface area contributed by atoms with Crippen molar-refractivity contribution in [3.8, 4) is 6.07 Å². The molecule has 2 aromatic rings. The molecule has 1 N–H and O–H groups in total. The zero-order valence-electron chi connectivity index (χ0n) is 12.6. The normalized spacial score (nSPS) is 16.5. The molecule has 1 fully saturated rings. The molecule has 1 aliphatic rings. The summed E-state index contributed by atoms with van der Waals surface area (Å²) in [4.78, 5) is 12.1. The third-order valence-electron chi connectivity index (χ3n) is 3.74. The molecule has 1 saturated carbocycles. The van der Waals surface area contributed by atoms with Crippen molar-refractivity contribution in [1.29, 1.82) is 5.26 Å². The summed E-state index contributed by atoms with van der Waals surface area (Å²) in [5.74, 6) is 0.946. The van der Waals surface area contributed by atoms with E-state index in [4.69, 9.17) is 4.42 Å². The number of carbonyl (C=O) groups excluding carboxylic acids is 1. The van der Waals surface area contributed by atoms with E-state index in [1.807, 2.05) is 6.07 Å². The van der Waals surface area contributed by atoms with Gasteiger partial charge in [-0.3, -0.25) is 4.79 Å². The van der Waals surface area contributed by atoms with Crippen molar-refractivity contribution in [2.45, 2.75) is 37.0 Å². The molecule has 0 aliphatic heterocycles. The van der Waals surface area contributed by atoms with Crippen LogP contribution in [0.4, 0.5) is 0 Å². The molecule has 0 spiro atoms. The lowest BCUT2D eigenvalue weighted by atomic mass is 9.98. The van der Waals surface area contributed by atoms with E-state index in [1.54, 1.807) is 23.9 Å². The first-order valence-electron chi connectivity index (χ1n) is 7.24. The highest BCUT2D eigenvalue weighted by Crippen LogP contribution is 2.39. The number of hydrogen-bond donors (Lipinski definition) is 1. The van der Waals surface area contributed by atoms with Crippen LogP contribution >= 0.6 is 11.8 Å². The molecule has 1 amide bonds. The van der Waals surface area contributed by atoms with Gasteiger partial charge in [-0.2, -0.15) is 5.26 Å². The number of tetrazole rings is 1. The van der Waals surface area contributed by atoms with Crippen LogP contribution in [-0.4, -0.2) is 37.4 Å². The second-order valence-corrected chi connectivity index (χ2v) is 6.57. The van der Waals surface area contributed by atoms with E-state index >= 15 is 0 Å². The minimum atomic E-state index is -0.780. The van der Waals surface area contributed by atoms with E-state index in [9.17, 15) is 10.1 Å². The Bertz CT molecular complexity index is 718. The van der Waals surface area contributed by atoms with Crippen LogP contribution in [0.25, 0.3) is 0 Å². The maximum atomic E-state index is 12.1. The van der Waals surface area contributed by atoms with Gasteiger partial charge in [0.25, 0.3) is 0 Å². The molecule has 2 aromatic heterocycles. The van der Waals surface area contributed by atoms with Gasteiger partial charge in [0.15, 0.2) is 0 Å². The van der Waals surface area contributed by atoms with Gasteiger partial charge in [0, 0.05) is 0 Å². The van der Waals surface area contributed by atoms with Crippen molar-refractivity contribution in [2.24, 2.45) is 5.92 Å². The lowest BCUT2D eigenvalue weighted by Gasteiger charge is -2.22. The summed E-state index contributed by atoms with van der Waals surface area (Å²) in [6, 6.07) is 5.83. The average molecular weight is 332 g/mol. The number of amides is 1. The summed E-state index contributed by atoms with van der Waals surface area (Å²) in [6.45, 7) is 2.18. The largest absolute Gasteiger partial charge is 0.467 e. The second-order valence-electron chi connectivity index (χ2n) is 5.62. The van der Waals surface area contributed by atoms with Gasteiger partial charge in [0.05, 0.1) is 18.1 Å². The van der Waals surface area contributed by atoms with Crippen molar-refractivity contribution in [3.05, 3.63) is 24.2 Å². The average Bonchev–Trinajstić information content (AvgIpc) is 3.12. The number of nitrogens with zero attached hydrogens (tertiary/aromatic N) is 5. The van der Waals surface area contributed by atoms with Crippen LogP contribution in [-0.2, 0) is 11.3 Å². The molecule has 0 bridgehead atoms. The Labute approximate surface area is 137 Å². The molecule has 9 heteroatoms. The van der Waals surface area contributed by atoms with Crippen LogP contribution in [0.1, 0.15) is 25.5 Å². The smallest absolute Gasteiger partial charge is 0.231 e. The molecule has 2 heterocycles. The molecule has 8 nitrogen and oxygen atoms in total. The van der Waals surface area contributed by atoms with E-state index in [1.165, 1.54) is 11.8 Å². The molecular formula is C14H16N6O2S. The first kappa shape index (κ1) is 15.6. The summed E-state index contributed by atoms with van der Waals surface area (Å²) in [7, 11) is 0.